The van der Waals surface area contributed by atoms with Gasteiger partial charge in [-0.25, -0.2) is 4.68 Å². The molecule has 0 bridgehead atoms. The monoisotopic (exact) mass is 290 g/mol. The minimum absolute atomic E-state index is 0.217. The molecule has 0 aliphatic carbocycles. The fourth-order valence-electron chi connectivity index (χ4n) is 2.78. The summed E-state index contributed by atoms with van der Waals surface area (Å²) in [7, 11) is 0. The van der Waals surface area contributed by atoms with E-state index in [-0.39, 0.29) is 5.56 Å². The number of pyridine rings is 1. The number of H-pyrrole nitrogens is 1. The zero-order valence-electron chi connectivity index (χ0n) is 12.0. The summed E-state index contributed by atoms with van der Waals surface area (Å²) in [5.41, 5.74) is 9.31. The van der Waals surface area contributed by atoms with Crippen LogP contribution in [-0.4, -0.2) is 14.8 Å². The predicted molar refractivity (Wildman–Crippen MR) is 88.3 cm³/mol. The summed E-state index contributed by atoms with van der Waals surface area (Å²) in [4.78, 5) is 15.2. The summed E-state index contributed by atoms with van der Waals surface area (Å²) >= 11 is 0. The van der Waals surface area contributed by atoms with Gasteiger partial charge >= 0.3 is 0 Å². The molecule has 0 radical (unpaired) electrons. The Hall–Kier alpha value is -3.08. The van der Waals surface area contributed by atoms with Gasteiger partial charge in [0.05, 0.1) is 11.2 Å². The number of anilines is 1. The fourth-order valence-corrected chi connectivity index (χ4v) is 2.78. The molecule has 108 valence electrons. The van der Waals surface area contributed by atoms with E-state index in [0.717, 1.165) is 22.2 Å². The molecule has 0 aliphatic rings. The van der Waals surface area contributed by atoms with Crippen LogP contribution in [0.15, 0.2) is 53.3 Å². The molecule has 0 unspecified atom stereocenters. The van der Waals surface area contributed by atoms with Crippen molar-refractivity contribution in [2.24, 2.45) is 0 Å². The van der Waals surface area contributed by atoms with E-state index in [1.54, 1.807) is 4.68 Å². The molecule has 2 aromatic carbocycles. The van der Waals surface area contributed by atoms with Gasteiger partial charge in [-0.2, -0.15) is 5.10 Å². The van der Waals surface area contributed by atoms with Crippen molar-refractivity contribution in [2.75, 3.05) is 5.73 Å². The van der Waals surface area contributed by atoms with Crippen LogP contribution in [0.3, 0.4) is 0 Å². The second-order valence-corrected chi connectivity index (χ2v) is 5.36. The number of nitrogens with one attached hydrogen (secondary N) is 1. The van der Waals surface area contributed by atoms with Crippen molar-refractivity contribution in [1.29, 1.82) is 0 Å². The van der Waals surface area contributed by atoms with Gasteiger partial charge in [0, 0.05) is 5.39 Å². The summed E-state index contributed by atoms with van der Waals surface area (Å²) in [6, 6.07) is 15.4. The summed E-state index contributed by atoms with van der Waals surface area (Å²) in [6.45, 7) is 2.01. The number of nitrogens with two attached hydrogens (primary N) is 1. The molecule has 0 fully saturated rings. The van der Waals surface area contributed by atoms with E-state index in [9.17, 15) is 4.79 Å². The topological polar surface area (TPSA) is 76.7 Å². The van der Waals surface area contributed by atoms with Gasteiger partial charge in [0.1, 0.15) is 16.7 Å². The molecule has 0 aliphatic heterocycles. The molecule has 4 aromatic rings. The molecule has 0 amide bonds. The molecular weight excluding hydrogens is 276 g/mol. The van der Waals surface area contributed by atoms with Crippen LogP contribution < -0.4 is 11.3 Å². The van der Waals surface area contributed by atoms with E-state index in [0.29, 0.717) is 16.7 Å². The highest BCUT2D eigenvalue weighted by Gasteiger charge is 2.16. The Morgan fingerprint density at radius 3 is 2.77 bits per heavy atom. The van der Waals surface area contributed by atoms with Crippen LogP contribution in [0.25, 0.3) is 27.5 Å². The Morgan fingerprint density at radius 2 is 1.95 bits per heavy atom. The number of aromatic nitrogens is 3. The van der Waals surface area contributed by atoms with Crippen molar-refractivity contribution in [1.82, 2.24) is 14.8 Å². The number of nitrogen functional groups attached to an aromatic ring is 1. The van der Waals surface area contributed by atoms with E-state index in [4.69, 9.17) is 5.73 Å². The first-order valence-electron chi connectivity index (χ1n) is 7.01. The van der Waals surface area contributed by atoms with Gasteiger partial charge in [-0.15, -0.1) is 0 Å². The van der Waals surface area contributed by atoms with Crippen molar-refractivity contribution in [3.63, 3.8) is 0 Å². The van der Waals surface area contributed by atoms with Gasteiger partial charge in [-0.1, -0.05) is 30.3 Å². The largest absolute Gasteiger partial charge is 0.383 e. The van der Waals surface area contributed by atoms with E-state index < -0.39 is 0 Å². The SMILES string of the molecule is Cc1cccc(-n2nc3c(c2N)c(=O)[nH]c2ccccc23)c1. The van der Waals surface area contributed by atoms with E-state index >= 15 is 0 Å². The Bertz CT molecular complexity index is 1080. The van der Waals surface area contributed by atoms with E-state index in [1.165, 1.54) is 0 Å². The molecule has 0 atom stereocenters. The average Bonchev–Trinajstić information content (AvgIpc) is 2.86. The highest BCUT2D eigenvalue weighted by molar-refractivity contribution is 6.06. The molecule has 2 heterocycles. The smallest absolute Gasteiger partial charge is 0.261 e. The summed E-state index contributed by atoms with van der Waals surface area (Å²) < 4.78 is 1.62. The molecule has 0 saturated carbocycles. The number of aromatic amines is 1. The number of para-hydroxylation sites is 1. The van der Waals surface area contributed by atoms with Gasteiger partial charge in [0.25, 0.3) is 5.56 Å². The number of hydrogen-bond donors (Lipinski definition) is 2. The molecule has 5 heteroatoms. The molecule has 3 N–H and O–H groups in total. The number of fused-ring (bicyclic) bond motifs is 3. The zero-order chi connectivity index (χ0) is 15.3. The van der Waals surface area contributed by atoms with Crippen LogP contribution >= 0.6 is 0 Å². The third kappa shape index (κ3) is 1.72. The lowest BCUT2D eigenvalue weighted by Crippen LogP contribution is -2.08. The Labute approximate surface area is 126 Å². The number of aryl methyl sites for hydroxylation is 1. The van der Waals surface area contributed by atoms with Crippen LogP contribution in [0, 0.1) is 6.92 Å². The van der Waals surface area contributed by atoms with Gasteiger partial charge in [0.2, 0.25) is 0 Å². The highest BCUT2D eigenvalue weighted by Crippen LogP contribution is 2.26. The first kappa shape index (κ1) is 12.6. The van der Waals surface area contributed by atoms with Crippen LogP contribution in [-0.2, 0) is 0 Å². The highest BCUT2D eigenvalue weighted by atomic mass is 16.1. The van der Waals surface area contributed by atoms with Crippen molar-refractivity contribution < 1.29 is 0 Å². The zero-order valence-corrected chi connectivity index (χ0v) is 12.0. The van der Waals surface area contributed by atoms with Crippen molar-refractivity contribution in [3.8, 4) is 5.69 Å². The normalized spacial score (nSPS) is 11.3. The van der Waals surface area contributed by atoms with Gasteiger partial charge in [-0.3, -0.25) is 4.79 Å². The predicted octanol–water partition coefficient (Wildman–Crippen LogP) is 2.76. The molecule has 0 spiro atoms. The van der Waals surface area contributed by atoms with Crippen molar-refractivity contribution in [2.45, 2.75) is 6.92 Å². The molecule has 4 rings (SSSR count). The second kappa shape index (κ2) is 4.46. The van der Waals surface area contributed by atoms with Crippen LogP contribution in [0.2, 0.25) is 0 Å². The second-order valence-electron chi connectivity index (χ2n) is 5.36. The number of rotatable bonds is 1. The minimum atomic E-state index is -0.217. The lowest BCUT2D eigenvalue weighted by molar-refractivity contribution is 0.907. The van der Waals surface area contributed by atoms with E-state index in [2.05, 4.69) is 10.1 Å². The first-order chi connectivity index (χ1) is 10.6. The summed E-state index contributed by atoms with van der Waals surface area (Å²) in [5.74, 6) is 0.354. The Morgan fingerprint density at radius 1 is 1.14 bits per heavy atom. The Kier molecular flexibility index (Phi) is 2.56. The molecular formula is C17H14N4O. The summed E-state index contributed by atoms with van der Waals surface area (Å²) in [6.07, 6.45) is 0. The maximum atomic E-state index is 12.3. The van der Waals surface area contributed by atoms with Crippen molar-refractivity contribution in [3.05, 3.63) is 64.4 Å². The number of hydrogen-bond acceptors (Lipinski definition) is 3. The first-order valence-corrected chi connectivity index (χ1v) is 7.01. The fraction of sp³-hybridized carbons (Fsp3) is 0.0588. The lowest BCUT2D eigenvalue weighted by Gasteiger charge is -2.04. The van der Waals surface area contributed by atoms with Crippen LogP contribution in [0.5, 0.6) is 0 Å². The molecule has 22 heavy (non-hydrogen) atoms. The van der Waals surface area contributed by atoms with Gasteiger partial charge in [-0.05, 0) is 30.7 Å². The maximum Gasteiger partial charge on any atom is 0.261 e. The number of nitrogens with zero attached hydrogens (tertiary/aromatic N) is 2. The maximum absolute atomic E-state index is 12.3. The third-order valence-corrected chi connectivity index (χ3v) is 3.82. The Balaban J connectivity index is 2.15. The third-order valence-electron chi connectivity index (χ3n) is 3.82. The molecule has 5 nitrogen and oxygen atoms in total. The van der Waals surface area contributed by atoms with Crippen LogP contribution in [0.4, 0.5) is 5.82 Å². The molecule has 0 saturated heterocycles. The van der Waals surface area contributed by atoms with Gasteiger partial charge in [0.15, 0.2) is 0 Å². The number of benzene rings is 2. The minimum Gasteiger partial charge on any atom is -0.383 e. The van der Waals surface area contributed by atoms with Gasteiger partial charge < -0.3 is 10.7 Å². The average molecular weight is 290 g/mol. The van der Waals surface area contributed by atoms with Crippen LogP contribution in [0.1, 0.15) is 5.56 Å². The van der Waals surface area contributed by atoms with Crippen molar-refractivity contribution >= 4 is 27.6 Å². The molecule has 2 aromatic heterocycles. The quantitative estimate of drug-likeness (QED) is 0.566. The lowest BCUT2D eigenvalue weighted by atomic mass is 10.1. The standard InChI is InChI=1S/C17H14N4O/c1-10-5-4-6-11(9-10)21-16(18)14-15(20-21)12-7-2-3-8-13(12)19-17(14)22/h2-9H,18H2,1H3,(H,19,22). The van der Waals surface area contributed by atoms with E-state index in [1.807, 2.05) is 55.5 Å². The summed E-state index contributed by atoms with van der Waals surface area (Å²) in [5, 5.41) is 5.90.